The number of carbonyl (C=O) groups excluding carboxylic acids is 2. The van der Waals surface area contributed by atoms with Crippen molar-refractivity contribution in [3.05, 3.63) is 10.6 Å². The van der Waals surface area contributed by atoms with E-state index in [1.807, 2.05) is 0 Å². The highest BCUT2D eigenvalue weighted by Gasteiger charge is 2.19. The number of rotatable bonds is 6. The van der Waals surface area contributed by atoms with E-state index in [1.165, 1.54) is 37.0 Å². The molecule has 1 N–H and O–H groups in total. The van der Waals surface area contributed by atoms with Crippen LogP contribution in [0.3, 0.4) is 0 Å². The highest BCUT2D eigenvalue weighted by molar-refractivity contribution is 7.17. The average Bonchev–Trinajstić information content (AvgIpc) is 3.06. The maximum absolute atomic E-state index is 11.9. The number of aromatic nitrogens is 1. The van der Waals surface area contributed by atoms with E-state index in [9.17, 15) is 9.59 Å². The number of hydrogen-bond acceptors (Lipinski definition) is 5. The Kier molecular flexibility index (Phi) is 5.73. The van der Waals surface area contributed by atoms with E-state index in [0.29, 0.717) is 34.6 Å². The number of nitrogens with zero attached hydrogens (tertiary/aromatic N) is 1. The number of anilines is 1. The fraction of sp³-hybridized carbons (Fsp3) is 0.667. The molecule has 6 heteroatoms. The van der Waals surface area contributed by atoms with Gasteiger partial charge in [0.25, 0.3) is 0 Å². The Morgan fingerprint density at radius 2 is 2.10 bits per heavy atom. The second-order valence-corrected chi connectivity index (χ2v) is 6.39. The van der Waals surface area contributed by atoms with Crippen LogP contribution in [0, 0.1) is 12.8 Å². The van der Waals surface area contributed by atoms with Crippen LogP contribution < -0.4 is 5.32 Å². The van der Waals surface area contributed by atoms with Gasteiger partial charge >= 0.3 is 5.97 Å². The number of ether oxygens (including phenoxy) is 1. The van der Waals surface area contributed by atoms with E-state index in [-0.39, 0.29) is 11.9 Å². The molecule has 1 fully saturated rings. The molecule has 21 heavy (non-hydrogen) atoms. The van der Waals surface area contributed by atoms with Gasteiger partial charge < -0.3 is 10.1 Å². The van der Waals surface area contributed by atoms with E-state index >= 15 is 0 Å². The van der Waals surface area contributed by atoms with Crippen LogP contribution >= 0.6 is 11.3 Å². The molecule has 5 nitrogen and oxygen atoms in total. The monoisotopic (exact) mass is 310 g/mol. The minimum Gasteiger partial charge on any atom is -0.462 e. The Labute approximate surface area is 129 Å². The number of amides is 1. The van der Waals surface area contributed by atoms with Crippen LogP contribution in [-0.4, -0.2) is 23.5 Å². The minimum atomic E-state index is -0.376. The van der Waals surface area contributed by atoms with Gasteiger partial charge in [-0.2, -0.15) is 0 Å². The van der Waals surface area contributed by atoms with Crippen molar-refractivity contribution in [2.75, 3.05) is 11.9 Å². The molecule has 0 aliphatic heterocycles. The van der Waals surface area contributed by atoms with Gasteiger partial charge in [0.1, 0.15) is 4.88 Å². The van der Waals surface area contributed by atoms with E-state index in [1.54, 1.807) is 13.8 Å². The first-order chi connectivity index (χ1) is 10.1. The lowest BCUT2D eigenvalue weighted by Gasteiger charge is -2.07. The van der Waals surface area contributed by atoms with Crippen LogP contribution in [0.2, 0.25) is 0 Å². The lowest BCUT2D eigenvalue weighted by Crippen LogP contribution is -2.12. The van der Waals surface area contributed by atoms with Crippen molar-refractivity contribution in [2.24, 2.45) is 5.92 Å². The second kappa shape index (κ2) is 7.54. The number of thiazole rings is 1. The molecule has 1 aromatic heterocycles. The number of hydrogen-bond donors (Lipinski definition) is 1. The third kappa shape index (κ3) is 4.52. The first kappa shape index (κ1) is 15.9. The summed E-state index contributed by atoms with van der Waals surface area (Å²) in [7, 11) is 0. The van der Waals surface area contributed by atoms with Crippen LogP contribution in [0.25, 0.3) is 0 Å². The summed E-state index contributed by atoms with van der Waals surface area (Å²) in [6, 6.07) is 0. The van der Waals surface area contributed by atoms with Gasteiger partial charge in [-0.05, 0) is 26.2 Å². The summed E-state index contributed by atoms with van der Waals surface area (Å²) in [5, 5.41) is 3.26. The van der Waals surface area contributed by atoms with Crippen molar-refractivity contribution in [3.63, 3.8) is 0 Å². The maximum atomic E-state index is 11.9. The normalized spacial score (nSPS) is 15.1. The third-order valence-corrected chi connectivity index (χ3v) is 4.81. The molecule has 1 aliphatic rings. The number of esters is 1. The van der Waals surface area contributed by atoms with Crippen LogP contribution in [0.15, 0.2) is 0 Å². The molecule has 2 rings (SSSR count). The summed E-state index contributed by atoms with van der Waals surface area (Å²) < 4.78 is 4.96. The number of nitrogens with one attached hydrogen (secondary N) is 1. The van der Waals surface area contributed by atoms with E-state index in [2.05, 4.69) is 10.3 Å². The predicted molar refractivity (Wildman–Crippen MR) is 82.6 cm³/mol. The van der Waals surface area contributed by atoms with Crippen molar-refractivity contribution in [1.29, 1.82) is 0 Å². The van der Waals surface area contributed by atoms with Crippen molar-refractivity contribution in [3.8, 4) is 0 Å². The Bertz CT molecular complexity index is 507. The van der Waals surface area contributed by atoms with Crippen molar-refractivity contribution in [2.45, 2.75) is 52.4 Å². The number of carbonyl (C=O) groups is 2. The molecule has 1 aliphatic carbocycles. The van der Waals surface area contributed by atoms with E-state index < -0.39 is 0 Å². The zero-order valence-electron chi connectivity index (χ0n) is 12.6. The molecule has 0 spiro atoms. The highest BCUT2D eigenvalue weighted by atomic mass is 32.1. The van der Waals surface area contributed by atoms with Crippen LogP contribution in [-0.2, 0) is 9.53 Å². The van der Waals surface area contributed by atoms with E-state index in [4.69, 9.17) is 4.74 Å². The quantitative estimate of drug-likeness (QED) is 0.816. The molecule has 1 saturated carbocycles. The second-order valence-electron chi connectivity index (χ2n) is 5.39. The Morgan fingerprint density at radius 3 is 2.76 bits per heavy atom. The van der Waals surface area contributed by atoms with Gasteiger partial charge in [-0.1, -0.05) is 37.0 Å². The topological polar surface area (TPSA) is 68.3 Å². The fourth-order valence-corrected chi connectivity index (χ4v) is 3.53. The molecule has 0 radical (unpaired) electrons. The maximum Gasteiger partial charge on any atom is 0.350 e. The summed E-state index contributed by atoms with van der Waals surface area (Å²) in [6.45, 7) is 3.84. The van der Waals surface area contributed by atoms with Crippen molar-refractivity contribution in [1.82, 2.24) is 4.98 Å². The van der Waals surface area contributed by atoms with Gasteiger partial charge in [0, 0.05) is 6.42 Å². The average molecular weight is 310 g/mol. The first-order valence-corrected chi connectivity index (χ1v) is 8.36. The van der Waals surface area contributed by atoms with Gasteiger partial charge in [-0.3, -0.25) is 4.79 Å². The van der Waals surface area contributed by atoms with Gasteiger partial charge in [0.2, 0.25) is 5.91 Å². The predicted octanol–water partition coefficient (Wildman–Crippen LogP) is 3.54. The van der Waals surface area contributed by atoms with Crippen LogP contribution in [0.4, 0.5) is 5.13 Å². The Morgan fingerprint density at radius 1 is 1.38 bits per heavy atom. The standard InChI is InChI=1S/C15H22N2O3S/c1-3-20-14(19)13-10(2)16-15(21-13)17-12(18)9-8-11-6-4-5-7-11/h11H,3-9H2,1-2H3,(H,16,17,18). The smallest absolute Gasteiger partial charge is 0.350 e. The molecule has 1 heterocycles. The van der Waals surface area contributed by atoms with Gasteiger partial charge in [0.15, 0.2) is 5.13 Å². The lowest BCUT2D eigenvalue weighted by molar-refractivity contribution is -0.116. The van der Waals surface area contributed by atoms with E-state index in [0.717, 1.165) is 6.42 Å². The van der Waals surface area contributed by atoms with Crippen molar-refractivity contribution >= 4 is 28.3 Å². The first-order valence-electron chi connectivity index (χ1n) is 7.54. The minimum absolute atomic E-state index is 0.0222. The highest BCUT2D eigenvalue weighted by Crippen LogP contribution is 2.29. The largest absolute Gasteiger partial charge is 0.462 e. The molecule has 116 valence electrons. The summed E-state index contributed by atoms with van der Waals surface area (Å²) >= 11 is 1.18. The zero-order chi connectivity index (χ0) is 15.2. The van der Waals surface area contributed by atoms with Gasteiger partial charge in [-0.15, -0.1) is 0 Å². The van der Waals surface area contributed by atoms with Gasteiger partial charge in [0.05, 0.1) is 12.3 Å². The molecule has 0 unspecified atom stereocenters. The third-order valence-electron chi connectivity index (χ3n) is 3.76. The molecule has 0 aromatic carbocycles. The van der Waals surface area contributed by atoms with Crippen molar-refractivity contribution < 1.29 is 14.3 Å². The molecule has 0 saturated heterocycles. The summed E-state index contributed by atoms with van der Waals surface area (Å²) in [5.74, 6) is 0.300. The molecular weight excluding hydrogens is 288 g/mol. The molecule has 0 bridgehead atoms. The molecule has 1 amide bonds. The molecular formula is C15H22N2O3S. The molecule has 1 aromatic rings. The van der Waals surface area contributed by atoms with Crippen LogP contribution in [0.5, 0.6) is 0 Å². The lowest BCUT2D eigenvalue weighted by atomic mass is 10.0. The summed E-state index contributed by atoms with van der Waals surface area (Å²) in [5.41, 5.74) is 0.601. The fourth-order valence-electron chi connectivity index (χ4n) is 2.65. The van der Waals surface area contributed by atoms with Crippen LogP contribution in [0.1, 0.15) is 60.8 Å². The molecule has 0 atom stereocenters. The van der Waals surface area contributed by atoms with Gasteiger partial charge in [-0.25, -0.2) is 9.78 Å². The zero-order valence-corrected chi connectivity index (χ0v) is 13.4. The Hall–Kier alpha value is -1.43. The number of aryl methyl sites for hydroxylation is 1. The summed E-state index contributed by atoms with van der Waals surface area (Å²) in [4.78, 5) is 28.3. The Balaban J connectivity index is 1.85. The summed E-state index contributed by atoms with van der Waals surface area (Å²) in [6.07, 6.45) is 6.55. The SMILES string of the molecule is CCOC(=O)c1sc(NC(=O)CCC2CCCC2)nc1C.